The number of carbonyl (C=O) groups is 3. The van der Waals surface area contributed by atoms with Crippen molar-refractivity contribution in [2.75, 3.05) is 43.9 Å². The van der Waals surface area contributed by atoms with E-state index in [1.165, 1.54) is 0 Å². The molecular weight excluding hydrogens is 651 g/mol. The van der Waals surface area contributed by atoms with E-state index >= 15 is 0 Å². The molecule has 0 aromatic heterocycles. The quantitative estimate of drug-likeness (QED) is 0.204. The molecule has 242 valence electrons. The van der Waals surface area contributed by atoms with Gasteiger partial charge in [0.05, 0.1) is 11.8 Å². The Morgan fingerprint density at radius 2 is 1.30 bits per heavy atom. The zero-order valence-electron chi connectivity index (χ0n) is 25.5. The maximum atomic E-state index is 12.4. The number of hydrogen-bond acceptors (Lipinski definition) is 6. The van der Waals surface area contributed by atoms with E-state index in [2.05, 4.69) is 16.0 Å². The van der Waals surface area contributed by atoms with Gasteiger partial charge in [-0.3, -0.25) is 9.59 Å². The molecule has 0 aliphatic carbocycles. The number of anilines is 2. The number of benzene rings is 3. The minimum Gasteiger partial charge on any atom is -0.445 e. The van der Waals surface area contributed by atoms with Crippen LogP contribution in [0.25, 0.3) is 0 Å². The normalized spacial score (nSPS) is 16.9. The van der Waals surface area contributed by atoms with Crippen molar-refractivity contribution in [3.63, 3.8) is 0 Å². The first-order chi connectivity index (χ1) is 20.6. The molecule has 2 atom stereocenters. The Labute approximate surface area is 275 Å². The van der Waals surface area contributed by atoms with Crippen molar-refractivity contribution in [3.05, 3.63) is 104 Å². The molecule has 0 radical (unpaired) electrons. The predicted octanol–water partition coefficient (Wildman–Crippen LogP) is 5.35. The molecular formula is C34H45N4O5Pd-. The summed E-state index contributed by atoms with van der Waals surface area (Å²) in [6, 6.07) is 28.6. The van der Waals surface area contributed by atoms with Gasteiger partial charge in [-0.2, -0.15) is 0 Å². The summed E-state index contributed by atoms with van der Waals surface area (Å²) >= 11 is 0. The van der Waals surface area contributed by atoms with Crippen LogP contribution in [0.5, 0.6) is 0 Å². The van der Waals surface area contributed by atoms with Crippen LogP contribution in [0.15, 0.2) is 91.0 Å². The van der Waals surface area contributed by atoms with Gasteiger partial charge in [0.15, 0.2) is 0 Å². The number of nitrogens with zero attached hydrogens (tertiary/aromatic N) is 1. The monoisotopic (exact) mass is 695 g/mol. The predicted molar refractivity (Wildman–Crippen MR) is 171 cm³/mol. The van der Waals surface area contributed by atoms with Gasteiger partial charge in [0.1, 0.15) is 6.61 Å². The standard InChI is InChI=1S/C20H22N2O3.C12H16N2O.CH4O.CH3.Pd/c23-19(21-18-11-5-2-6-12-18)17-10-7-13-22(14-17)20(24)25-15-16-8-3-1-4-9-16;15-12(10-5-4-8-13-9-10)14-11-6-2-1-3-7-11;1-2;;/h1-6,8-9,11-12,17H,7,10,13-15H2,(H,21,23);1-3,6-7,10,13H,4-5,8-9H2,(H,14,15);2H,1H3;1H3;/q;;;-1;/t17-;10-;;;/m11.../s1. The number of rotatable bonds is 6. The minimum absolute atomic E-state index is 0. The number of aliphatic hydroxyl groups is 1. The second-order valence-electron chi connectivity index (χ2n) is 10.1. The van der Waals surface area contributed by atoms with E-state index in [0.29, 0.717) is 13.1 Å². The van der Waals surface area contributed by atoms with Crippen LogP contribution < -0.4 is 16.0 Å². The Kier molecular flexibility index (Phi) is 19.3. The van der Waals surface area contributed by atoms with Crippen LogP contribution in [0.2, 0.25) is 0 Å². The summed E-state index contributed by atoms with van der Waals surface area (Å²) < 4.78 is 5.37. The Morgan fingerprint density at radius 1 is 0.795 bits per heavy atom. The number of carbonyl (C=O) groups excluding carboxylic acids is 3. The number of hydrogen-bond donors (Lipinski definition) is 4. The number of likely N-dealkylation sites (tertiary alicyclic amines) is 1. The fourth-order valence-corrected chi connectivity index (χ4v) is 4.77. The fraction of sp³-hybridized carbons (Fsp3) is 0.353. The molecule has 2 saturated heterocycles. The first-order valence-electron chi connectivity index (χ1n) is 14.4. The SMILES string of the molecule is CO.O=C(Nc1ccccc1)[C@@H]1CCCN(C(=O)OCc2ccccc2)C1.O=C(Nc1ccccc1)[C@@H]1CCCNC1.[CH3-].[Pd]. The van der Waals surface area contributed by atoms with Crippen LogP contribution in [0.4, 0.5) is 16.2 Å². The van der Waals surface area contributed by atoms with Crippen LogP contribution >= 0.6 is 0 Å². The molecule has 0 unspecified atom stereocenters. The smallest absolute Gasteiger partial charge is 0.410 e. The largest absolute Gasteiger partial charge is 0.445 e. The summed E-state index contributed by atoms with van der Waals surface area (Å²) in [6.07, 6.45) is 3.30. The van der Waals surface area contributed by atoms with E-state index in [1.54, 1.807) is 4.90 Å². The Balaban J connectivity index is 0.000000439. The average Bonchev–Trinajstić information content (AvgIpc) is 3.07. The molecule has 3 aromatic carbocycles. The van der Waals surface area contributed by atoms with E-state index in [9.17, 15) is 14.4 Å². The van der Waals surface area contributed by atoms with E-state index in [-0.39, 0.29) is 64.2 Å². The van der Waals surface area contributed by atoms with E-state index < -0.39 is 0 Å². The van der Waals surface area contributed by atoms with Crippen LogP contribution in [0.1, 0.15) is 31.2 Å². The van der Waals surface area contributed by atoms with Gasteiger partial charge in [0.25, 0.3) is 0 Å². The molecule has 2 aliphatic heterocycles. The summed E-state index contributed by atoms with van der Waals surface area (Å²) in [5.41, 5.74) is 2.61. The molecule has 0 bridgehead atoms. The summed E-state index contributed by atoms with van der Waals surface area (Å²) in [4.78, 5) is 38.1. The third kappa shape index (κ3) is 13.4. The Bertz CT molecular complexity index is 1210. The van der Waals surface area contributed by atoms with Crippen molar-refractivity contribution < 1.29 is 44.6 Å². The summed E-state index contributed by atoms with van der Waals surface area (Å²) in [5.74, 6) is -0.00246. The first kappa shape index (κ1) is 38.5. The molecule has 2 aliphatic rings. The third-order valence-corrected chi connectivity index (χ3v) is 7.01. The molecule has 44 heavy (non-hydrogen) atoms. The van der Waals surface area contributed by atoms with Crippen LogP contribution in [-0.4, -0.2) is 61.2 Å². The first-order valence-corrected chi connectivity index (χ1v) is 14.4. The summed E-state index contributed by atoms with van der Waals surface area (Å²) in [6.45, 7) is 3.11. The summed E-state index contributed by atoms with van der Waals surface area (Å²) in [5, 5.41) is 16.1. The summed E-state index contributed by atoms with van der Waals surface area (Å²) in [7, 11) is 1.00. The van der Waals surface area contributed by atoms with Crippen molar-refractivity contribution in [1.29, 1.82) is 0 Å². The molecule has 9 nitrogen and oxygen atoms in total. The minimum atomic E-state index is -0.360. The van der Waals surface area contributed by atoms with Crippen molar-refractivity contribution >= 4 is 29.3 Å². The van der Waals surface area contributed by atoms with Gasteiger partial charge in [0, 0.05) is 58.5 Å². The second-order valence-corrected chi connectivity index (χ2v) is 10.1. The van der Waals surface area contributed by atoms with Crippen LogP contribution in [0.3, 0.4) is 0 Å². The van der Waals surface area contributed by atoms with E-state index in [1.807, 2.05) is 91.0 Å². The van der Waals surface area contributed by atoms with Gasteiger partial charge in [-0.05, 0) is 62.1 Å². The molecule has 10 heteroatoms. The molecule has 5 rings (SSSR count). The van der Waals surface area contributed by atoms with E-state index in [0.717, 1.165) is 62.8 Å². The zero-order valence-corrected chi connectivity index (χ0v) is 27.1. The van der Waals surface area contributed by atoms with E-state index in [4.69, 9.17) is 9.84 Å². The molecule has 3 amide bonds. The van der Waals surface area contributed by atoms with Crippen molar-refractivity contribution in [3.8, 4) is 0 Å². The molecule has 0 spiro atoms. The molecule has 3 aromatic rings. The molecule has 2 fully saturated rings. The number of nitrogens with one attached hydrogen (secondary N) is 3. The maximum Gasteiger partial charge on any atom is 0.410 e. The topological polar surface area (TPSA) is 120 Å². The van der Waals surface area contributed by atoms with Gasteiger partial charge in [0.2, 0.25) is 11.8 Å². The Morgan fingerprint density at radius 3 is 1.82 bits per heavy atom. The van der Waals surface area contributed by atoms with Gasteiger partial charge in [-0.25, -0.2) is 4.79 Å². The van der Waals surface area contributed by atoms with Gasteiger partial charge in [-0.1, -0.05) is 66.7 Å². The van der Waals surface area contributed by atoms with Crippen LogP contribution in [0, 0.1) is 19.3 Å². The molecule has 2 heterocycles. The maximum absolute atomic E-state index is 12.4. The second kappa shape index (κ2) is 22.0. The third-order valence-electron chi connectivity index (χ3n) is 7.01. The number of aliphatic hydroxyl groups excluding tert-OH is 1. The Hall–Kier alpha value is -3.55. The van der Waals surface area contributed by atoms with Gasteiger partial charge in [-0.15, -0.1) is 0 Å². The average molecular weight is 696 g/mol. The number of piperidine rings is 2. The fourth-order valence-electron chi connectivity index (χ4n) is 4.77. The van der Waals surface area contributed by atoms with Gasteiger partial charge >= 0.3 is 6.09 Å². The number of ether oxygens (including phenoxy) is 1. The molecule has 4 N–H and O–H groups in total. The zero-order chi connectivity index (χ0) is 30.0. The number of para-hydroxylation sites is 2. The van der Waals surface area contributed by atoms with Crippen molar-refractivity contribution in [1.82, 2.24) is 10.2 Å². The van der Waals surface area contributed by atoms with Gasteiger partial charge < -0.3 is 38.1 Å². The van der Waals surface area contributed by atoms with Crippen molar-refractivity contribution in [2.45, 2.75) is 32.3 Å². The van der Waals surface area contributed by atoms with Crippen LogP contribution in [-0.2, 0) is 41.4 Å². The number of amides is 3. The molecule has 0 saturated carbocycles. The van der Waals surface area contributed by atoms with Crippen molar-refractivity contribution in [2.24, 2.45) is 11.8 Å².